The number of rotatable bonds is 8. The minimum absolute atomic E-state index is 0.0539. The second-order valence-electron chi connectivity index (χ2n) is 4.06. The van der Waals surface area contributed by atoms with Gasteiger partial charge in [0.05, 0.1) is 6.54 Å². The first-order valence-corrected chi connectivity index (χ1v) is 7.41. The van der Waals surface area contributed by atoms with Crippen molar-refractivity contribution >= 4 is 10.0 Å². The van der Waals surface area contributed by atoms with E-state index in [1.165, 1.54) is 6.07 Å². The maximum absolute atomic E-state index is 11.9. The van der Waals surface area contributed by atoms with E-state index in [9.17, 15) is 8.42 Å². The van der Waals surface area contributed by atoms with E-state index in [-0.39, 0.29) is 30.7 Å². The zero-order valence-corrected chi connectivity index (χ0v) is 11.2. The van der Waals surface area contributed by atoms with Crippen molar-refractivity contribution in [3.8, 4) is 0 Å². The van der Waals surface area contributed by atoms with Crippen molar-refractivity contribution in [2.24, 2.45) is 11.7 Å². The van der Waals surface area contributed by atoms with E-state index in [2.05, 4.69) is 4.72 Å². The van der Waals surface area contributed by atoms with Gasteiger partial charge < -0.3 is 15.3 Å². The predicted molar refractivity (Wildman–Crippen MR) is 67.3 cm³/mol. The molecule has 0 radical (unpaired) electrons. The summed E-state index contributed by atoms with van der Waals surface area (Å²) in [6, 6.07) is 2.93. The molecule has 0 aliphatic carbocycles. The fraction of sp³-hybridized carbons (Fsp3) is 0.636. The fourth-order valence-electron chi connectivity index (χ4n) is 1.54. The summed E-state index contributed by atoms with van der Waals surface area (Å²) in [4.78, 5) is 0. The van der Waals surface area contributed by atoms with Gasteiger partial charge in [0.15, 0.2) is 0 Å². The van der Waals surface area contributed by atoms with Gasteiger partial charge in [-0.1, -0.05) is 13.3 Å². The lowest BCUT2D eigenvalue weighted by Gasteiger charge is -2.13. The van der Waals surface area contributed by atoms with E-state index < -0.39 is 10.0 Å². The lowest BCUT2D eigenvalue weighted by atomic mass is 10.0. The molecule has 104 valence electrons. The molecule has 0 aliphatic heterocycles. The van der Waals surface area contributed by atoms with E-state index >= 15 is 0 Å². The lowest BCUT2D eigenvalue weighted by molar-refractivity contribution is 0.254. The first-order valence-electron chi connectivity index (χ1n) is 5.92. The standard InChI is InChI=1S/C11H20N2O4S/c1-2-9(5-6-14)8-13-18(15,16)11-4-3-10(7-12)17-11/h3-4,9,13-14H,2,5-8,12H2,1H3. The average Bonchev–Trinajstić information content (AvgIpc) is 2.84. The third kappa shape index (κ3) is 4.09. The Morgan fingerprint density at radius 2 is 2.22 bits per heavy atom. The van der Waals surface area contributed by atoms with E-state index in [1.807, 2.05) is 6.92 Å². The van der Waals surface area contributed by atoms with Crippen LogP contribution in [0, 0.1) is 5.92 Å². The molecule has 0 bridgehead atoms. The first-order chi connectivity index (χ1) is 8.53. The third-order valence-electron chi connectivity index (χ3n) is 2.78. The van der Waals surface area contributed by atoms with Crippen LogP contribution < -0.4 is 10.5 Å². The molecule has 1 aromatic rings. The van der Waals surface area contributed by atoms with Crippen LogP contribution in [0.2, 0.25) is 0 Å². The lowest BCUT2D eigenvalue weighted by Crippen LogP contribution is -2.29. The van der Waals surface area contributed by atoms with Gasteiger partial charge in [-0.3, -0.25) is 0 Å². The van der Waals surface area contributed by atoms with E-state index in [0.717, 1.165) is 6.42 Å². The van der Waals surface area contributed by atoms with Crippen LogP contribution in [0.1, 0.15) is 25.5 Å². The largest absolute Gasteiger partial charge is 0.447 e. The molecule has 0 saturated carbocycles. The summed E-state index contributed by atoms with van der Waals surface area (Å²) in [5.74, 6) is 0.548. The molecule has 0 fully saturated rings. The summed E-state index contributed by atoms with van der Waals surface area (Å²) in [5.41, 5.74) is 5.35. The second-order valence-corrected chi connectivity index (χ2v) is 5.76. The summed E-state index contributed by atoms with van der Waals surface area (Å²) in [6.45, 7) is 2.46. The Morgan fingerprint density at radius 3 is 2.72 bits per heavy atom. The molecule has 1 atom stereocenters. The molecule has 4 N–H and O–H groups in total. The summed E-state index contributed by atoms with van der Waals surface area (Å²) >= 11 is 0. The van der Waals surface area contributed by atoms with Gasteiger partial charge in [-0.05, 0) is 24.5 Å². The summed E-state index contributed by atoms with van der Waals surface area (Å²) in [6.07, 6.45) is 1.38. The van der Waals surface area contributed by atoms with E-state index in [4.69, 9.17) is 15.3 Å². The van der Waals surface area contributed by atoms with Crippen molar-refractivity contribution in [1.82, 2.24) is 4.72 Å². The van der Waals surface area contributed by atoms with Crippen LogP contribution in [0.5, 0.6) is 0 Å². The molecule has 18 heavy (non-hydrogen) atoms. The van der Waals surface area contributed by atoms with Gasteiger partial charge in [0.1, 0.15) is 5.76 Å². The van der Waals surface area contributed by atoms with Crippen molar-refractivity contribution in [1.29, 1.82) is 0 Å². The van der Waals surface area contributed by atoms with Gasteiger partial charge in [0.2, 0.25) is 5.09 Å². The molecule has 0 aliphatic rings. The molecular weight excluding hydrogens is 256 g/mol. The van der Waals surface area contributed by atoms with E-state index in [1.54, 1.807) is 6.07 Å². The number of aliphatic hydroxyl groups excluding tert-OH is 1. The van der Waals surface area contributed by atoms with Crippen LogP contribution in [0.4, 0.5) is 0 Å². The van der Waals surface area contributed by atoms with Crippen molar-refractivity contribution in [2.45, 2.75) is 31.4 Å². The topological polar surface area (TPSA) is 106 Å². The summed E-state index contributed by atoms with van der Waals surface area (Å²) in [5, 5.41) is 8.72. The number of nitrogens with two attached hydrogens (primary N) is 1. The Hall–Kier alpha value is -0.890. The van der Waals surface area contributed by atoms with Gasteiger partial charge in [0.25, 0.3) is 10.0 Å². The molecule has 6 nitrogen and oxygen atoms in total. The summed E-state index contributed by atoms with van der Waals surface area (Å²) in [7, 11) is -3.63. The van der Waals surface area contributed by atoms with Crippen LogP contribution >= 0.6 is 0 Å². The highest BCUT2D eigenvalue weighted by Gasteiger charge is 2.19. The fourth-order valence-corrected chi connectivity index (χ4v) is 2.61. The maximum Gasteiger partial charge on any atom is 0.273 e. The second kappa shape index (κ2) is 6.89. The minimum atomic E-state index is -3.63. The predicted octanol–water partition coefficient (Wildman–Crippen LogP) is 0.425. The smallest absolute Gasteiger partial charge is 0.273 e. The average molecular weight is 276 g/mol. The molecule has 7 heteroatoms. The van der Waals surface area contributed by atoms with Crippen LogP contribution in [0.15, 0.2) is 21.6 Å². The number of hydrogen-bond acceptors (Lipinski definition) is 5. The Kier molecular flexibility index (Phi) is 5.80. The van der Waals surface area contributed by atoms with Gasteiger partial charge in [-0.2, -0.15) is 0 Å². The molecule has 0 spiro atoms. The molecular formula is C11H20N2O4S. The van der Waals surface area contributed by atoms with Gasteiger partial charge in [-0.25, -0.2) is 13.1 Å². The number of furan rings is 1. The van der Waals surface area contributed by atoms with Crippen LogP contribution in [0.25, 0.3) is 0 Å². The maximum atomic E-state index is 11.9. The Bertz CT molecular complexity index is 455. The minimum Gasteiger partial charge on any atom is -0.447 e. The molecule has 1 rings (SSSR count). The normalized spacial score (nSPS) is 13.7. The molecule has 0 amide bonds. The monoisotopic (exact) mass is 276 g/mol. The van der Waals surface area contributed by atoms with Crippen molar-refractivity contribution in [3.63, 3.8) is 0 Å². The van der Waals surface area contributed by atoms with Crippen molar-refractivity contribution < 1.29 is 17.9 Å². The molecule has 1 aromatic heterocycles. The zero-order chi connectivity index (χ0) is 13.6. The van der Waals surface area contributed by atoms with E-state index in [0.29, 0.717) is 12.2 Å². The first kappa shape index (κ1) is 15.2. The van der Waals surface area contributed by atoms with Gasteiger partial charge in [0, 0.05) is 13.2 Å². The van der Waals surface area contributed by atoms with Crippen LogP contribution in [-0.4, -0.2) is 26.7 Å². The zero-order valence-electron chi connectivity index (χ0n) is 10.4. The Labute approximate surface area is 107 Å². The SMILES string of the molecule is CCC(CCO)CNS(=O)(=O)c1ccc(CN)o1. The van der Waals surface area contributed by atoms with Crippen LogP contribution in [-0.2, 0) is 16.6 Å². The molecule has 1 unspecified atom stereocenters. The van der Waals surface area contributed by atoms with Crippen LogP contribution in [0.3, 0.4) is 0 Å². The Balaban J connectivity index is 2.64. The number of sulfonamides is 1. The van der Waals surface area contributed by atoms with Crippen molar-refractivity contribution in [2.75, 3.05) is 13.2 Å². The quantitative estimate of drug-likeness (QED) is 0.638. The van der Waals surface area contributed by atoms with Gasteiger partial charge >= 0.3 is 0 Å². The molecule has 1 heterocycles. The molecule has 0 saturated heterocycles. The Morgan fingerprint density at radius 1 is 1.50 bits per heavy atom. The van der Waals surface area contributed by atoms with Gasteiger partial charge in [-0.15, -0.1) is 0 Å². The molecule has 0 aromatic carbocycles. The third-order valence-corrected chi connectivity index (χ3v) is 4.08. The van der Waals surface area contributed by atoms with Crippen molar-refractivity contribution in [3.05, 3.63) is 17.9 Å². The number of nitrogens with one attached hydrogen (secondary N) is 1. The highest BCUT2D eigenvalue weighted by Crippen LogP contribution is 2.14. The number of aliphatic hydroxyl groups is 1. The highest BCUT2D eigenvalue weighted by atomic mass is 32.2. The number of hydrogen-bond donors (Lipinski definition) is 3. The highest BCUT2D eigenvalue weighted by molar-refractivity contribution is 7.89. The summed E-state index contributed by atoms with van der Waals surface area (Å²) < 4.78 is 31.3.